The van der Waals surface area contributed by atoms with Crippen LogP contribution in [0.1, 0.15) is 44.5 Å². The van der Waals surface area contributed by atoms with Crippen molar-refractivity contribution in [3.8, 4) is 0 Å². The summed E-state index contributed by atoms with van der Waals surface area (Å²) in [6, 6.07) is 4.93. The van der Waals surface area contributed by atoms with Gasteiger partial charge in [-0.25, -0.2) is 0 Å². The molecule has 0 amide bonds. The molecule has 2 N–H and O–H groups in total. The topological polar surface area (TPSA) is 52.1 Å². The minimum atomic E-state index is 0.223. The van der Waals surface area contributed by atoms with Gasteiger partial charge in [-0.1, -0.05) is 19.9 Å². The summed E-state index contributed by atoms with van der Waals surface area (Å²) >= 11 is 1.87. The van der Waals surface area contributed by atoms with E-state index in [9.17, 15) is 0 Å². The Morgan fingerprint density at radius 2 is 2.20 bits per heavy atom. The maximum Gasteiger partial charge on any atom is 0.191 e. The standard InChI is InChI=1S/C23H41N5OS/c1-5-24-23(26-15-20-17-28(11-12-29-20)16-18(2)3)25-14-19-8-6-10-27(4)22(19)21-9-7-13-30-21/h7,9,13,18-20,22H,5-6,8,10-12,14-17H2,1-4H3,(H2,24,25,26). The highest BCUT2D eigenvalue weighted by molar-refractivity contribution is 7.10. The molecule has 0 aliphatic carbocycles. The predicted octanol–water partition coefficient (Wildman–Crippen LogP) is 3.04. The molecule has 0 radical (unpaired) electrons. The third-order valence-electron chi connectivity index (χ3n) is 6.01. The van der Waals surface area contributed by atoms with Crippen molar-refractivity contribution in [3.63, 3.8) is 0 Å². The number of likely N-dealkylation sites (tertiary alicyclic amines) is 1. The Hall–Kier alpha value is -1.15. The maximum atomic E-state index is 6.00. The number of nitrogens with zero attached hydrogens (tertiary/aromatic N) is 3. The summed E-state index contributed by atoms with van der Waals surface area (Å²) in [5.74, 6) is 2.17. The first-order valence-corrected chi connectivity index (χ1v) is 12.5. The average molecular weight is 436 g/mol. The van der Waals surface area contributed by atoms with Crippen LogP contribution in [-0.4, -0.2) is 81.3 Å². The van der Waals surface area contributed by atoms with Crippen molar-refractivity contribution in [2.75, 3.05) is 59.5 Å². The second-order valence-electron chi connectivity index (χ2n) is 9.09. The van der Waals surface area contributed by atoms with Crippen molar-refractivity contribution in [1.29, 1.82) is 0 Å². The fourth-order valence-corrected chi connectivity index (χ4v) is 5.69. The number of ether oxygens (including phenoxy) is 1. The molecule has 0 bridgehead atoms. The van der Waals surface area contributed by atoms with E-state index in [1.165, 1.54) is 24.3 Å². The summed E-state index contributed by atoms with van der Waals surface area (Å²) in [5.41, 5.74) is 0. The molecular weight excluding hydrogens is 394 g/mol. The van der Waals surface area contributed by atoms with Crippen LogP contribution in [0.5, 0.6) is 0 Å². The molecule has 2 fully saturated rings. The third kappa shape index (κ3) is 6.94. The lowest BCUT2D eigenvalue weighted by Gasteiger charge is -2.38. The molecule has 0 spiro atoms. The lowest BCUT2D eigenvalue weighted by atomic mass is 9.88. The van der Waals surface area contributed by atoms with Gasteiger partial charge >= 0.3 is 0 Å². The molecular formula is C23H41N5OS. The highest BCUT2D eigenvalue weighted by Gasteiger charge is 2.31. The Balaban J connectivity index is 1.56. The summed E-state index contributed by atoms with van der Waals surface area (Å²) in [7, 11) is 2.26. The quantitative estimate of drug-likeness (QED) is 0.486. The van der Waals surface area contributed by atoms with E-state index >= 15 is 0 Å². The van der Waals surface area contributed by atoms with E-state index in [0.29, 0.717) is 17.9 Å². The van der Waals surface area contributed by atoms with E-state index in [4.69, 9.17) is 9.73 Å². The highest BCUT2D eigenvalue weighted by Crippen LogP contribution is 2.37. The molecule has 0 saturated carbocycles. The summed E-state index contributed by atoms with van der Waals surface area (Å²) < 4.78 is 6.00. The van der Waals surface area contributed by atoms with Crippen LogP contribution >= 0.6 is 11.3 Å². The number of nitrogens with one attached hydrogen (secondary N) is 2. The molecule has 2 saturated heterocycles. The largest absolute Gasteiger partial charge is 0.374 e. The number of piperidine rings is 1. The smallest absolute Gasteiger partial charge is 0.191 e. The molecule has 170 valence electrons. The number of hydrogen-bond donors (Lipinski definition) is 2. The number of guanidine groups is 1. The number of rotatable bonds is 8. The Morgan fingerprint density at radius 1 is 1.33 bits per heavy atom. The van der Waals surface area contributed by atoms with Crippen LogP contribution in [0, 0.1) is 11.8 Å². The molecule has 7 heteroatoms. The van der Waals surface area contributed by atoms with Gasteiger partial charge in [0.05, 0.1) is 12.7 Å². The first-order valence-electron chi connectivity index (χ1n) is 11.7. The van der Waals surface area contributed by atoms with E-state index in [0.717, 1.165) is 51.8 Å². The number of morpholine rings is 1. The number of hydrogen-bond acceptors (Lipinski definition) is 5. The molecule has 3 heterocycles. The fourth-order valence-electron chi connectivity index (χ4n) is 4.71. The van der Waals surface area contributed by atoms with Crippen LogP contribution < -0.4 is 10.6 Å². The second kappa shape index (κ2) is 12.0. The Bertz CT molecular complexity index is 636. The van der Waals surface area contributed by atoms with Gasteiger partial charge < -0.3 is 15.4 Å². The summed E-state index contributed by atoms with van der Waals surface area (Å²) in [6.45, 7) is 14.4. The first-order chi connectivity index (χ1) is 14.6. The van der Waals surface area contributed by atoms with E-state index in [1.807, 2.05) is 11.3 Å². The Morgan fingerprint density at radius 3 is 2.93 bits per heavy atom. The highest BCUT2D eigenvalue weighted by atomic mass is 32.1. The zero-order valence-corrected chi connectivity index (χ0v) is 20.1. The van der Waals surface area contributed by atoms with E-state index in [1.54, 1.807) is 0 Å². The van der Waals surface area contributed by atoms with Crippen molar-refractivity contribution in [2.45, 2.75) is 45.8 Å². The van der Waals surface area contributed by atoms with Crippen molar-refractivity contribution in [2.24, 2.45) is 16.8 Å². The summed E-state index contributed by atoms with van der Waals surface area (Å²) in [4.78, 5) is 11.5. The SMILES string of the molecule is CCNC(=NCC1CCCN(C)C1c1cccs1)NCC1CN(CC(C)C)CCO1. The number of thiophene rings is 1. The van der Waals surface area contributed by atoms with Crippen molar-refractivity contribution in [3.05, 3.63) is 22.4 Å². The molecule has 6 nitrogen and oxygen atoms in total. The van der Waals surface area contributed by atoms with Gasteiger partial charge in [0.2, 0.25) is 0 Å². The lowest BCUT2D eigenvalue weighted by molar-refractivity contribution is -0.0284. The van der Waals surface area contributed by atoms with Crippen LogP contribution in [0.2, 0.25) is 0 Å². The van der Waals surface area contributed by atoms with Gasteiger partial charge in [0.15, 0.2) is 5.96 Å². The molecule has 2 aliphatic rings. The minimum Gasteiger partial charge on any atom is -0.374 e. The van der Waals surface area contributed by atoms with Crippen molar-refractivity contribution < 1.29 is 4.74 Å². The predicted molar refractivity (Wildman–Crippen MR) is 127 cm³/mol. The second-order valence-corrected chi connectivity index (χ2v) is 10.1. The zero-order chi connectivity index (χ0) is 21.3. The van der Waals surface area contributed by atoms with E-state index in [-0.39, 0.29) is 6.10 Å². The van der Waals surface area contributed by atoms with E-state index in [2.05, 4.69) is 65.8 Å². The molecule has 30 heavy (non-hydrogen) atoms. The van der Waals surface area contributed by atoms with Crippen molar-refractivity contribution in [1.82, 2.24) is 20.4 Å². The normalized spacial score (nSPS) is 26.8. The van der Waals surface area contributed by atoms with Gasteiger partial charge in [-0.05, 0) is 56.6 Å². The van der Waals surface area contributed by atoms with Crippen molar-refractivity contribution >= 4 is 17.3 Å². The average Bonchev–Trinajstić information content (AvgIpc) is 3.24. The lowest BCUT2D eigenvalue weighted by Crippen LogP contribution is -2.50. The van der Waals surface area contributed by atoms with Crippen LogP contribution in [0.3, 0.4) is 0 Å². The molecule has 3 atom stereocenters. The molecule has 3 unspecified atom stereocenters. The molecule has 2 aliphatic heterocycles. The van der Waals surface area contributed by atoms with Gasteiger partial charge in [0.1, 0.15) is 0 Å². The Kier molecular flexibility index (Phi) is 9.43. The van der Waals surface area contributed by atoms with Gasteiger partial charge in [-0.3, -0.25) is 14.8 Å². The maximum absolute atomic E-state index is 6.00. The number of aliphatic imine (C=N–C) groups is 1. The van der Waals surface area contributed by atoms with Crippen LogP contribution in [-0.2, 0) is 4.74 Å². The van der Waals surface area contributed by atoms with Crippen LogP contribution in [0.25, 0.3) is 0 Å². The molecule has 3 rings (SSSR count). The van der Waals surface area contributed by atoms with Gasteiger partial charge in [-0.15, -0.1) is 11.3 Å². The Labute approximate surface area is 187 Å². The zero-order valence-electron chi connectivity index (χ0n) is 19.3. The van der Waals surface area contributed by atoms with Crippen LogP contribution in [0.4, 0.5) is 0 Å². The molecule has 0 aromatic carbocycles. The van der Waals surface area contributed by atoms with Gasteiger partial charge in [-0.2, -0.15) is 0 Å². The molecule has 1 aromatic rings. The minimum absolute atomic E-state index is 0.223. The van der Waals surface area contributed by atoms with Crippen LogP contribution in [0.15, 0.2) is 22.5 Å². The summed E-state index contributed by atoms with van der Waals surface area (Å²) in [5, 5.41) is 9.16. The summed E-state index contributed by atoms with van der Waals surface area (Å²) in [6.07, 6.45) is 2.72. The monoisotopic (exact) mass is 435 g/mol. The third-order valence-corrected chi connectivity index (χ3v) is 6.96. The molecule has 1 aromatic heterocycles. The van der Waals surface area contributed by atoms with Gasteiger partial charge in [0.25, 0.3) is 0 Å². The fraction of sp³-hybridized carbons (Fsp3) is 0.783. The van der Waals surface area contributed by atoms with Gasteiger partial charge in [0, 0.05) is 50.2 Å². The van der Waals surface area contributed by atoms with E-state index < -0.39 is 0 Å². The first kappa shape index (κ1) is 23.5.